The van der Waals surface area contributed by atoms with Gasteiger partial charge in [0.05, 0.1) is 13.0 Å². The highest BCUT2D eigenvalue weighted by atomic mass is 19.1. The predicted molar refractivity (Wildman–Crippen MR) is 99.6 cm³/mol. The van der Waals surface area contributed by atoms with Crippen LogP contribution in [0.5, 0.6) is 5.75 Å². The molecule has 0 unspecified atom stereocenters. The minimum Gasteiger partial charge on any atom is -0.497 e. The monoisotopic (exact) mass is 370 g/mol. The van der Waals surface area contributed by atoms with Crippen molar-refractivity contribution in [3.05, 3.63) is 65.5 Å². The average molecular weight is 370 g/mol. The van der Waals surface area contributed by atoms with E-state index in [0.29, 0.717) is 26.1 Å². The molecule has 1 N–H and O–H groups in total. The third-order valence-corrected chi connectivity index (χ3v) is 4.79. The van der Waals surface area contributed by atoms with E-state index in [2.05, 4.69) is 5.32 Å². The van der Waals surface area contributed by atoms with Crippen LogP contribution >= 0.6 is 0 Å². The van der Waals surface area contributed by atoms with Gasteiger partial charge in [-0.25, -0.2) is 4.39 Å². The van der Waals surface area contributed by atoms with Crippen molar-refractivity contribution >= 4 is 11.8 Å². The number of amides is 2. The van der Waals surface area contributed by atoms with Gasteiger partial charge in [0.15, 0.2) is 0 Å². The van der Waals surface area contributed by atoms with Crippen LogP contribution in [0.4, 0.5) is 4.39 Å². The van der Waals surface area contributed by atoms with Crippen molar-refractivity contribution in [2.24, 2.45) is 5.92 Å². The first-order chi connectivity index (χ1) is 13.0. The molecule has 0 bridgehead atoms. The minimum absolute atomic E-state index is 0.0123. The van der Waals surface area contributed by atoms with Gasteiger partial charge in [0.1, 0.15) is 11.6 Å². The fraction of sp³-hybridized carbons (Fsp3) is 0.333. The third-order valence-electron chi connectivity index (χ3n) is 4.79. The van der Waals surface area contributed by atoms with Crippen molar-refractivity contribution in [2.75, 3.05) is 20.2 Å². The molecule has 0 saturated carbocycles. The van der Waals surface area contributed by atoms with Gasteiger partial charge < -0.3 is 15.0 Å². The normalized spacial score (nSPS) is 16.4. The molecule has 1 aliphatic heterocycles. The first-order valence-corrected chi connectivity index (χ1v) is 8.98. The molecule has 1 heterocycles. The third kappa shape index (κ3) is 5.06. The Kier molecular flexibility index (Phi) is 6.06. The lowest BCUT2D eigenvalue weighted by atomic mass is 10.1. The summed E-state index contributed by atoms with van der Waals surface area (Å²) in [6, 6.07) is 13.7. The van der Waals surface area contributed by atoms with Crippen LogP contribution in [-0.4, -0.2) is 36.9 Å². The van der Waals surface area contributed by atoms with Gasteiger partial charge in [0.2, 0.25) is 11.8 Å². The SMILES string of the molecule is COc1ccc(CNC(=O)[C@@H]2CC(=O)N(CCc3ccc(F)cc3)C2)cc1. The maximum Gasteiger partial charge on any atom is 0.225 e. The van der Waals surface area contributed by atoms with Crippen LogP contribution in [0.15, 0.2) is 48.5 Å². The molecule has 1 saturated heterocycles. The maximum atomic E-state index is 12.9. The average Bonchev–Trinajstić information content (AvgIpc) is 3.07. The second-order valence-electron chi connectivity index (χ2n) is 6.68. The molecule has 0 aromatic heterocycles. The highest BCUT2D eigenvalue weighted by Crippen LogP contribution is 2.19. The second kappa shape index (κ2) is 8.66. The molecule has 3 rings (SSSR count). The molecular weight excluding hydrogens is 347 g/mol. The Morgan fingerprint density at radius 2 is 1.81 bits per heavy atom. The standard InChI is InChI=1S/C21H23FN2O3/c1-27-19-8-4-16(5-9-19)13-23-21(26)17-12-20(25)24(14-17)11-10-15-2-6-18(22)7-3-15/h2-9,17H,10-14H2,1H3,(H,23,26)/t17-/m1/s1. The highest BCUT2D eigenvalue weighted by molar-refractivity contribution is 5.89. The lowest BCUT2D eigenvalue weighted by Gasteiger charge is -2.16. The number of nitrogens with one attached hydrogen (secondary N) is 1. The summed E-state index contributed by atoms with van der Waals surface area (Å²) in [6.07, 6.45) is 0.879. The molecule has 27 heavy (non-hydrogen) atoms. The van der Waals surface area contributed by atoms with E-state index in [1.54, 1.807) is 24.1 Å². The first-order valence-electron chi connectivity index (χ1n) is 8.98. The Labute approximate surface area is 158 Å². The fourth-order valence-corrected chi connectivity index (χ4v) is 3.16. The van der Waals surface area contributed by atoms with Gasteiger partial charge in [-0.05, 0) is 41.8 Å². The lowest BCUT2D eigenvalue weighted by molar-refractivity contribution is -0.129. The van der Waals surface area contributed by atoms with E-state index in [1.807, 2.05) is 24.3 Å². The summed E-state index contributed by atoms with van der Waals surface area (Å²) in [5, 5.41) is 2.90. The lowest BCUT2D eigenvalue weighted by Crippen LogP contribution is -2.33. The zero-order chi connectivity index (χ0) is 19.2. The number of hydrogen-bond acceptors (Lipinski definition) is 3. The Balaban J connectivity index is 1.47. The summed E-state index contributed by atoms with van der Waals surface area (Å²) < 4.78 is 18.1. The zero-order valence-electron chi connectivity index (χ0n) is 15.3. The van der Waals surface area contributed by atoms with E-state index in [9.17, 15) is 14.0 Å². The van der Waals surface area contributed by atoms with Gasteiger partial charge in [-0.1, -0.05) is 24.3 Å². The number of benzene rings is 2. The number of carbonyl (C=O) groups is 2. The first kappa shape index (κ1) is 18.9. The summed E-state index contributed by atoms with van der Waals surface area (Å²) in [5.41, 5.74) is 1.94. The summed E-state index contributed by atoms with van der Waals surface area (Å²) >= 11 is 0. The Morgan fingerprint density at radius 3 is 2.48 bits per heavy atom. The number of rotatable bonds is 7. The van der Waals surface area contributed by atoms with Crippen molar-refractivity contribution in [2.45, 2.75) is 19.4 Å². The van der Waals surface area contributed by atoms with Crippen molar-refractivity contribution in [3.63, 3.8) is 0 Å². The van der Waals surface area contributed by atoms with Gasteiger partial charge in [-0.2, -0.15) is 0 Å². The van der Waals surface area contributed by atoms with E-state index in [1.165, 1.54) is 12.1 Å². The van der Waals surface area contributed by atoms with Crippen LogP contribution < -0.4 is 10.1 Å². The molecule has 1 aliphatic rings. The molecule has 0 radical (unpaired) electrons. The van der Waals surface area contributed by atoms with Crippen LogP contribution in [0.2, 0.25) is 0 Å². The Hall–Kier alpha value is -2.89. The number of nitrogens with zero attached hydrogens (tertiary/aromatic N) is 1. The predicted octanol–water partition coefficient (Wildman–Crippen LogP) is 2.54. The Morgan fingerprint density at radius 1 is 1.15 bits per heavy atom. The van der Waals surface area contributed by atoms with E-state index in [-0.39, 0.29) is 30.0 Å². The summed E-state index contributed by atoms with van der Waals surface area (Å²) in [5.74, 6) is 0.0435. The molecule has 2 aromatic rings. The fourth-order valence-electron chi connectivity index (χ4n) is 3.16. The second-order valence-corrected chi connectivity index (χ2v) is 6.68. The van der Waals surface area contributed by atoms with Gasteiger partial charge >= 0.3 is 0 Å². The topological polar surface area (TPSA) is 58.6 Å². The molecule has 2 aromatic carbocycles. The zero-order valence-corrected chi connectivity index (χ0v) is 15.3. The molecule has 6 heteroatoms. The quantitative estimate of drug-likeness (QED) is 0.815. The maximum absolute atomic E-state index is 12.9. The molecule has 2 amide bonds. The number of methoxy groups -OCH3 is 1. The summed E-state index contributed by atoms with van der Waals surface area (Å²) in [4.78, 5) is 26.3. The summed E-state index contributed by atoms with van der Waals surface area (Å²) in [6.45, 7) is 1.38. The number of halogens is 1. The Bertz CT molecular complexity index is 790. The molecule has 1 atom stereocenters. The van der Waals surface area contributed by atoms with Crippen LogP contribution in [0.25, 0.3) is 0 Å². The number of ether oxygens (including phenoxy) is 1. The number of hydrogen-bond donors (Lipinski definition) is 1. The minimum atomic E-state index is -0.330. The van der Waals surface area contributed by atoms with E-state index >= 15 is 0 Å². The molecule has 142 valence electrons. The molecule has 0 spiro atoms. The van der Waals surface area contributed by atoms with Crippen molar-refractivity contribution in [1.82, 2.24) is 10.2 Å². The van der Waals surface area contributed by atoms with Crippen LogP contribution in [0, 0.1) is 11.7 Å². The molecule has 1 fully saturated rings. The van der Waals surface area contributed by atoms with E-state index in [4.69, 9.17) is 4.74 Å². The molecule has 5 nitrogen and oxygen atoms in total. The van der Waals surface area contributed by atoms with Gasteiger partial charge in [-0.15, -0.1) is 0 Å². The molecule has 0 aliphatic carbocycles. The van der Waals surface area contributed by atoms with Crippen molar-refractivity contribution in [3.8, 4) is 5.75 Å². The smallest absolute Gasteiger partial charge is 0.225 e. The van der Waals surface area contributed by atoms with Crippen molar-refractivity contribution < 1.29 is 18.7 Å². The molecular formula is C21H23FN2O3. The number of carbonyl (C=O) groups excluding carboxylic acids is 2. The largest absolute Gasteiger partial charge is 0.497 e. The summed E-state index contributed by atoms with van der Waals surface area (Å²) in [7, 11) is 1.61. The van der Waals surface area contributed by atoms with Crippen LogP contribution in [0.3, 0.4) is 0 Å². The van der Waals surface area contributed by atoms with Crippen LogP contribution in [0.1, 0.15) is 17.5 Å². The van der Waals surface area contributed by atoms with Crippen molar-refractivity contribution in [1.29, 1.82) is 0 Å². The van der Waals surface area contributed by atoms with Gasteiger partial charge in [-0.3, -0.25) is 9.59 Å². The number of likely N-dealkylation sites (tertiary alicyclic amines) is 1. The van der Waals surface area contributed by atoms with Gasteiger partial charge in [0.25, 0.3) is 0 Å². The van der Waals surface area contributed by atoms with E-state index in [0.717, 1.165) is 16.9 Å². The van der Waals surface area contributed by atoms with Crippen LogP contribution in [-0.2, 0) is 22.6 Å². The highest BCUT2D eigenvalue weighted by Gasteiger charge is 2.33. The van der Waals surface area contributed by atoms with E-state index < -0.39 is 0 Å². The van der Waals surface area contributed by atoms with Gasteiger partial charge in [0, 0.05) is 26.1 Å².